The number of anilines is 1. The van der Waals surface area contributed by atoms with E-state index in [9.17, 15) is 0 Å². The lowest BCUT2D eigenvalue weighted by atomic mass is 9.92. The van der Waals surface area contributed by atoms with E-state index in [-0.39, 0.29) is 12.1 Å². The number of nitrogens with zero attached hydrogens (tertiary/aromatic N) is 2. The molecule has 0 amide bonds. The summed E-state index contributed by atoms with van der Waals surface area (Å²) in [6.45, 7) is 2.14. The molecule has 128 valence electrons. The number of rotatable bonds is 2. The van der Waals surface area contributed by atoms with E-state index in [1.807, 2.05) is 0 Å². The van der Waals surface area contributed by atoms with Gasteiger partial charge in [0.1, 0.15) is 0 Å². The Kier molecular flexibility index (Phi) is 3.52. The van der Waals surface area contributed by atoms with Crippen molar-refractivity contribution in [1.29, 1.82) is 0 Å². The first-order chi connectivity index (χ1) is 12.8. The number of benzene rings is 3. The van der Waals surface area contributed by atoms with Crippen LogP contribution in [-0.4, -0.2) is 9.55 Å². The second-order valence-electron chi connectivity index (χ2n) is 7.06. The summed E-state index contributed by atoms with van der Waals surface area (Å²) in [7, 11) is 0. The first kappa shape index (κ1) is 15.2. The molecule has 0 unspecified atom stereocenters. The average molecular weight is 339 g/mol. The van der Waals surface area contributed by atoms with Crippen molar-refractivity contribution in [3.63, 3.8) is 0 Å². The summed E-state index contributed by atoms with van der Waals surface area (Å²) < 4.78 is 2.36. The maximum absolute atomic E-state index is 4.87. The number of aryl methyl sites for hydroxylation is 1. The van der Waals surface area contributed by atoms with Gasteiger partial charge in [0.25, 0.3) is 0 Å². The third-order valence-corrected chi connectivity index (χ3v) is 5.33. The molecule has 0 radical (unpaired) electrons. The highest BCUT2D eigenvalue weighted by atomic mass is 15.3. The minimum atomic E-state index is 0.256. The molecule has 5 rings (SSSR count). The molecule has 26 heavy (non-hydrogen) atoms. The van der Waals surface area contributed by atoms with Crippen LogP contribution in [0.25, 0.3) is 11.0 Å². The summed E-state index contributed by atoms with van der Waals surface area (Å²) in [5.41, 5.74) is 6.16. The molecule has 0 aliphatic carbocycles. The third-order valence-electron chi connectivity index (χ3n) is 5.33. The van der Waals surface area contributed by atoms with Crippen molar-refractivity contribution < 1.29 is 0 Å². The van der Waals surface area contributed by atoms with E-state index in [0.717, 1.165) is 17.9 Å². The van der Waals surface area contributed by atoms with Gasteiger partial charge < -0.3 is 9.88 Å². The highest BCUT2D eigenvalue weighted by Gasteiger charge is 2.30. The number of nitrogens with one attached hydrogen (secondary N) is 1. The Morgan fingerprint density at radius 2 is 1.58 bits per heavy atom. The molecule has 3 aromatic carbocycles. The van der Waals surface area contributed by atoms with Crippen LogP contribution in [0.3, 0.4) is 0 Å². The molecule has 0 saturated heterocycles. The van der Waals surface area contributed by atoms with Gasteiger partial charge in [-0.15, -0.1) is 0 Å². The molecule has 2 atom stereocenters. The molecule has 1 N–H and O–H groups in total. The molecule has 3 nitrogen and oxygen atoms in total. The maximum Gasteiger partial charge on any atom is 0.204 e. The lowest BCUT2D eigenvalue weighted by Gasteiger charge is -2.33. The van der Waals surface area contributed by atoms with Crippen molar-refractivity contribution in [2.45, 2.75) is 25.4 Å². The number of hydrogen-bond acceptors (Lipinski definition) is 2. The van der Waals surface area contributed by atoms with Crippen LogP contribution in [0.5, 0.6) is 0 Å². The van der Waals surface area contributed by atoms with Gasteiger partial charge in [-0.2, -0.15) is 0 Å². The molecule has 2 heterocycles. The van der Waals surface area contributed by atoms with Gasteiger partial charge in [-0.05, 0) is 36.6 Å². The monoisotopic (exact) mass is 339 g/mol. The minimum Gasteiger partial charge on any atom is -0.349 e. The molecule has 1 aliphatic rings. The number of aromatic nitrogens is 2. The maximum atomic E-state index is 4.87. The summed E-state index contributed by atoms with van der Waals surface area (Å²) in [6, 6.07) is 28.5. The zero-order valence-electron chi connectivity index (χ0n) is 14.8. The van der Waals surface area contributed by atoms with Gasteiger partial charge >= 0.3 is 0 Å². The fourth-order valence-corrected chi connectivity index (χ4v) is 3.98. The van der Waals surface area contributed by atoms with E-state index >= 15 is 0 Å². The van der Waals surface area contributed by atoms with E-state index < -0.39 is 0 Å². The van der Waals surface area contributed by atoms with Crippen LogP contribution in [0.2, 0.25) is 0 Å². The van der Waals surface area contributed by atoms with Gasteiger partial charge in [-0.1, -0.05) is 72.3 Å². The summed E-state index contributed by atoms with van der Waals surface area (Å²) in [5.74, 6) is 0.955. The first-order valence-corrected chi connectivity index (χ1v) is 9.14. The Labute approximate surface area is 153 Å². The van der Waals surface area contributed by atoms with Gasteiger partial charge in [0.15, 0.2) is 0 Å². The Hall–Kier alpha value is -3.07. The molecule has 3 heteroatoms. The van der Waals surface area contributed by atoms with Crippen molar-refractivity contribution in [3.8, 4) is 0 Å². The summed E-state index contributed by atoms with van der Waals surface area (Å²) >= 11 is 0. The predicted octanol–water partition coefficient (Wildman–Crippen LogP) is 5.49. The summed E-state index contributed by atoms with van der Waals surface area (Å²) in [4.78, 5) is 4.87. The van der Waals surface area contributed by atoms with Crippen molar-refractivity contribution in [2.75, 3.05) is 5.32 Å². The predicted molar refractivity (Wildman–Crippen MR) is 106 cm³/mol. The highest BCUT2D eigenvalue weighted by Crippen LogP contribution is 2.40. The Morgan fingerprint density at radius 3 is 2.38 bits per heavy atom. The van der Waals surface area contributed by atoms with Crippen LogP contribution in [0.1, 0.15) is 35.2 Å². The third kappa shape index (κ3) is 2.48. The van der Waals surface area contributed by atoms with Crippen LogP contribution in [0.15, 0.2) is 78.9 Å². The van der Waals surface area contributed by atoms with Crippen molar-refractivity contribution in [2.24, 2.45) is 0 Å². The summed E-state index contributed by atoms with van der Waals surface area (Å²) in [6.07, 6.45) is 1.00. The fraction of sp³-hybridized carbons (Fsp3) is 0.174. The van der Waals surface area contributed by atoms with Gasteiger partial charge in [0, 0.05) is 0 Å². The van der Waals surface area contributed by atoms with E-state index in [4.69, 9.17) is 4.98 Å². The van der Waals surface area contributed by atoms with Gasteiger partial charge in [0.05, 0.1) is 23.1 Å². The molecule has 0 spiro atoms. The second kappa shape index (κ2) is 6.03. The van der Waals surface area contributed by atoms with Crippen molar-refractivity contribution in [1.82, 2.24) is 9.55 Å². The number of fused-ring (bicyclic) bond motifs is 3. The standard InChI is InChI=1S/C23H21N3/c1-16-11-13-18(14-12-16)22-15-20(17-7-3-2-4-8-17)25-23-24-19-9-5-6-10-21(19)26(22)23/h2-14,20,22H,15H2,1H3,(H,24,25)/t20-,22-/m0/s1. The van der Waals surface area contributed by atoms with Crippen LogP contribution in [-0.2, 0) is 0 Å². The van der Waals surface area contributed by atoms with E-state index in [1.165, 1.54) is 22.2 Å². The highest BCUT2D eigenvalue weighted by molar-refractivity contribution is 5.79. The zero-order chi connectivity index (χ0) is 17.5. The van der Waals surface area contributed by atoms with E-state index in [0.29, 0.717) is 0 Å². The van der Waals surface area contributed by atoms with Gasteiger partial charge in [0.2, 0.25) is 5.95 Å². The van der Waals surface area contributed by atoms with Crippen LogP contribution in [0.4, 0.5) is 5.95 Å². The normalized spacial score (nSPS) is 19.1. The number of para-hydroxylation sites is 2. The molecular formula is C23H21N3. The van der Waals surface area contributed by atoms with E-state index in [2.05, 4.69) is 95.7 Å². The lowest BCUT2D eigenvalue weighted by Crippen LogP contribution is -2.27. The molecule has 1 aromatic heterocycles. The lowest BCUT2D eigenvalue weighted by molar-refractivity contribution is 0.477. The summed E-state index contributed by atoms with van der Waals surface area (Å²) in [5, 5.41) is 3.67. The smallest absolute Gasteiger partial charge is 0.204 e. The SMILES string of the molecule is Cc1ccc([C@@H]2C[C@@H](c3ccccc3)Nc3nc4ccccc4n32)cc1. The average Bonchev–Trinajstić information content (AvgIpc) is 3.07. The van der Waals surface area contributed by atoms with Crippen LogP contribution < -0.4 is 5.32 Å². The minimum absolute atomic E-state index is 0.256. The largest absolute Gasteiger partial charge is 0.349 e. The Bertz CT molecular complexity index is 1050. The molecule has 4 aromatic rings. The number of imidazole rings is 1. The van der Waals surface area contributed by atoms with Crippen molar-refractivity contribution >= 4 is 17.0 Å². The zero-order valence-corrected chi connectivity index (χ0v) is 14.8. The van der Waals surface area contributed by atoms with E-state index in [1.54, 1.807) is 0 Å². The second-order valence-corrected chi connectivity index (χ2v) is 7.06. The molecular weight excluding hydrogens is 318 g/mol. The molecule has 0 saturated carbocycles. The van der Waals surface area contributed by atoms with Crippen LogP contribution >= 0.6 is 0 Å². The Morgan fingerprint density at radius 1 is 0.846 bits per heavy atom. The van der Waals surface area contributed by atoms with Crippen molar-refractivity contribution in [3.05, 3.63) is 95.6 Å². The van der Waals surface area contributed by atoms with Crippen LogP contribution in [0, 0.1) is 6.92 Å². The molecule has 0 fully saturated rings. The molecule has 1 aliphatic heterocycles. The topological polar surface area (TPSA) is 29.9 Å². The Balaban J connectivity index is 1.67. The number of hydrogen-bond donors (Lipinski definition) is 1. The van der Waals surface area contributed by atoms with Gasteiger partial charge in [-0.3, -0.25) is 0 Å². The molecule has 0 bridgehead atoms. The fourth-order valence-electron chi connectivity index (χ4n) is 3.98. The first-order valence-electron chi connectivity index (χ1n) is 9.14. The quantitative estimate of drug-likeness (QED) is 0.523. The van der Waals surface area contributed by atoms with Gasteiger partial charge in [-0.25, -0.2) is 4.98 Å².